The number of Topliss-reactive ketones (excluding diaryl/α,β-unsaturated/α-hetero) is 1. The maximum absolute atomic E-state index is 12.1. The van der Waals surface area contributed by atoms with Crippen LogP contribution in [0, 0.1) is 6.92 Å². The molecule has 0 fully saturated rings. The van der Waals surface area contributed by atoms with E-state index in [0.29, 0.717) is 10.8 Å². The molecular weight excluding hydrogens is 292 g/mol. The molecule has 0 bridgehead atoms. The summed E-state index contributed by atoms with van der Waals surface area (Å²) in [5.74, 6) is -0.491. The fourth-order valence-electron chi connectivity index (χ4n) is 2.30. The number of rotatable bonds is 4. The van der Waals surface area contributed by atoms with Crippen molar-refractivity contribution in [3.8, 4) is 5.75 Å². The second-order valence-corrected chi connectivity index (χ2v) is 5.39. The lowest BCUT2D eigenvalue weighted by Crippen LogP contribution is -2.16. The Morgan fingerprint density at radius 1 is 1.33 bits per heavy atom. The molecule has 0 saturated carbocycles. The first kappa shape index (κ1) is 15.3. The van der Waals surface area contributed by atoms with Crippen molar-refractivity contribution >= 4 is 17.4 Å². The fraction of sp³-hybridized carbons (Fsp3) is 0.250. The third kappa shape index (κ3) is 3.52. The predicted octanol–water partition coefficient (Wildman–Crippen LogP) is 3.42. The minimum Gasteiger partial charge on any atom is -0.507 e. The van der Waals surface area contributed by atoms with Crippen LogP contribution in [-0.4, -0.2) is 10.9 Å². The third-order valence-corrected chi connectivity index (χ3v) is 3.45. The van der Waals surface area contributed by atoms with Gasteiger partial charge in [0.05, 0.1) is 5.56 Å². The summed E-state index contributed by atoms with van der Waals surface area (Å²) < 4.78 is 5.04. The first-order valence-corrected chi connectivity index (χ1v) is 6.84. The van der Waals surface area contributed by atoms with E-state index in [1.807, 2.05) is 0 Å². The molecule has 1 aromatic heterocycles. The zero-order valence-corrected chi connectivity index (χ0v) is 12.5. The number of halogens is 1. The summed E-state index contributed by atoms with van der Waals surface area (Å²) in [5.41, 5.74) is 0.188. The lowest BCUT2D eigenvalue weighted by atomic mass is 9.87. The maximum Gasteiger partial charge on any atom is 0.343 e. The standard InChI is InChI=1S/C16H15ClO4/c1-9(18)7-13(11-3-5-12(17)6-4-11)15-14(19)8-10(2)21-16(15)20/h3-6,8,13,19H,7H2,1-2H3. The molecule has 0 spiro atoms. The van der Waals surface area contributed by atoms with Gasteiger partial charge in [0.15, 0.2) is 0 Å². The smallest absolute Gasteiger partial charge is 0.343 e. The number of aryl methyl sites for hydroxylation is 1. The molecule has 21 heavy (non-hydrogen) atoms. The molecule has 1 heterocycles. The Labute approximate surface area is 127 Å². The van der Waals surface area contributed by atoms with Gasteiger partial charge >= 0.3 is 5.63 Å². The van der Waals surface area contributed by atoms with Crippen molar-refractivity contribution in [3.05, 3.63) is 62.7 Å². The van der Waals surface area contributed by atoms with Crippen LogP contribution in [0.2, 0.25) is 5.02 Å². The second kappa shape index (κ2) is 6.14. The van der Waals surface area contributed by atoms with E-state index in [9.17, 15) is 14.7 Å². The second-order valence-electron chi connectivity index (χ2n) is 4.95. The first-order valence-electron chi connectivity index (χ1n) is 6.47. The van der Waals surface area contributed by atoms with Gasteiger partial charge in [-0.3, -0.25) is 4.79 Å². The van der Waals surface area contributed by atoms with E-state index in [0.717, 1.165) is 5.56 Å². The number of carbonyl (C=O) groups excluding carboxylic acids is 1. The minimum absolute atomic E-state index is 0.0886. The zero-order chi connectivity index (χ0) is 15.6. The molecule has 0 aliphatic carbocycles. The van der Waals surface area contributed by atoms with Gasteiger partial charge in [-0.25, -0.2) is 4.79 Å². The monoisotopic (exact) mass is 306 g/mol. The van der Waals surface area contributed by atoms with E-state index >= 15 is 0 Å². The fourth-order valence-corrected chi connectivity index (χ4v) is 2.42. The molecule has 4 nitrogen and oxygen atoms in total. The van der Waals surface area contributed by atoms with Gasteiger partial charge in [0.1, 0.15) is 17.3 Å². The number of aromatic hydroxyl groups is 1. The average molecular weight is 307 g/mol. The molecule has 2 rings (SSSR count). The van der Waals surface area contributed by atoms with Crippen LogP contribution in [0.5, 0.6) is 5.75 Å². The van der Waals surface area contributed by atoms with Crippen LogP contribution in [0.1, 0.15) is 36.1 Å². The molecule has 5 heteroatoms. The van der Waals surface area contributed by atoms with Crippen molar-refractivity contribution < 1.29 is 14.3 Å². The Kier molecular flexibility index (Phi) is 4.48. The van der Waals surface area contributed by atoms with Gasteiger partial charge in [-0.15, -0.1) is 0 Å². The normalized spacial score (nSPS) is 12.1. The molecule has 1 unspecified atom stereocenters. The van der Waals surface area contributed by atoms with Gasteiger partial charge in [-0.05, 0) is 31.5 Å². The van der Waals surface area contributed by atoms with Crippen LogP contribution in [-0.2, 0) is 4.79 Å². The van der Waals surface area contributed by atoms with E-state index in [2.05, 4.69) is 0 Å². The Balaban J connectivity index is 2.58. The zero-order valence-electron chi connectivity index (χ0n) is 11.7. The number of hydrogen-bond acceptors (Lipinski definition) is 4. The highest BCUT2D eigenvalue weighted by Gasteiger charge is 2.24. The minimum atomic E-state index is -0.631. The van der Waals surface area contributed by atoms with Crippen molar-refractivity contribution in [1.29, 1.82) is 0 Å². The summed E-state index contributed by atoms with van der Waals surface area (Å²) in [4.78, 5) is 23.6. The molecule has 0 aliphatic heterocycles. The van der Waals surface area contributed by atoms with Gasteiger partial charge < -0.3 is 9.52 Å². The highest BCUT2D eigenvalue weighted by molar-refractivity contribution is 6.30. The van der Waals surface area contributed by atoms with Crippen LogP contribution in [0.3, 0.4) is 0 Å². The number of benzene rings is 1. The first-order chi connectivity index (χ1) is 9.88. The summed E-state index contributed by atoms with van der Waals surface area (Å²) in [6.07, 6.45) is 0.100. The summed E-state index contributed by atoms with van der Waals surface area (Å²) in [6.45, 7) is 3.02. The molecule has 1 atom stereocenters. The Morgan fingerprint density at radius 3 is 2.48 bits per heavy atom. The highest BCUT2D eigenvalue weighted by atomic mass is 35.5. The number of carbonyl (C=O) groups is 1. The van der Waals surface area contributed by atoms with Gasteiger partial charge in [-0.1, -0.05) is 23.7 Å². The van der Waals surface area contributed by atoms with E-state index < -0.39 is 11.5 Å². The molecule has 1 N–H and O–H groups in total. The Morgan fingerprint density at radius 2 is 1.95 bits per heavy atom. The van der Waals surface area contributed by atoms with Crippen LogP contribution in [0.25, 0.3) is 0 Å². The highest BCUT2D eigenvalue weighted by Crippen LogP contribution is 2.32. The molecule has 110 valence electrons. The summed E-state index contributed by atoms with van der Waals surface area (Å²) in [7, 11) is 0. The van der Waals surface area contributed by atoms with E-state index in [1.165, 1.54) is 13.0 Å². The van der Waals surface area contributed by atoms with Crippen molar-refractivity contribution in [2.75, 3.05) is 0 Å². The number of hydrogen-bond donors (Lipinski definition) is 1. The molecule has 0 radical (unpaired) electrons. The van der Waals surface area contributed by atoms with E-state index in [-0.39, 0.29) is 23.5 Å². The summed E-state index contributed by atoms with van der Waals surface area (Å²) in [5, 5.41) is 10.6. The van der Waals surface area contributed by atoms with Crippen molar-refractivity contribution in [2.24, 2.45) is 0 Å². The lowest BCUT2D eigenvalue weighted by Gasteiger charge is -2.16. The average Bonchev–Trinajstić information content (AvgIpc) is 2.37. The Hall–Kier alpha value is -2.07. The Bertz CT molecular complexity index is 716. The van der Waals surface area contributed by atoms with Crippen LogP contribution >= 0.6 is 11.6 Å². The third-order valence-electron chi connectivity index (χ3n) is 3.20. The van der Waals surface area contributed by atoms with Crippen molar-refractivity contribution in [3.63, 3.8) is 0 Å². The maximum atomic E-state index is 12.1. The van der Waals surface area contributed by atoms with E-state index in [4.69, 9.17) is 16.0 Å². The summed E-state index contributed by atoms with van der Waals surface area (Å²) >= 11 is 5.85. The largest absolute Gasteiger partial charge is 0.507 e. The summed E-state index contributed by atoms with van der Waals surface area (Å²) in [6, 6.07) is 8.19. The van der Waals surface area contributed by atoms with Crippen LogP contribution in [0.15, 0.2) is 39.5 Å². The van der Waals surface area contributed by atoms with Gasteiger partial charge in [0.25, 0.3) is 0 Å². The molecule has 1 aromatic carbocycles. The van der Waals surface area contributed by atoms with E-state index in [1.54, 1.807) is 31.2 Å². The topological polar surface area (TPSA) is 67.5 Å². The van der Waals surface area contributed by atoms with Crippen molar-refractivity contribution in [1.82, 2.24) is 0 Å². The molecular formula is C16H15ClO4. The SMILES string of the molecule is CC(=O)CC(c1ccc(Cl)cc1)c1c(O)cc(C)oc1=O. The van der Waals surface area contributed by atoms with Gasteiger partial charge in [-0.2, -0.15) is 0 Å². The number of ketones is 1. The van der Waals surface area contributed by atoms with Gasteiger partial charge in [0, 0.05) is 23.4 Å². The molecule has 2 aromatic rings. The lowest BCUT2D eigenvalue weighted by molar-refractivity contribution is -0.117. The molecule has 0 saturated heterocycles. The van der Waals surface area contributed by atoms with Crippen LogP contribution < -0.4 is 5.63 Å². The molecule has 0 amide bonds. The predicted molar refractivity (Wildman–Crippen MR) is 80.0 cm³/mol. The van der Waals surface area contributed by atoms with Gasteiger partial charge in [0.2, 0.25) is 0 Å². The van der Waals surface area contributed by atoms with Crippen molar-refractivity contribution in [2.45, 2.75) is 26.2 Å². The quantitative estimate of drug-likeness (QED) is 0.940. The molecule has 0 aliphatic rings. The van der Waals surface area contributed by atoms with Crippen LogP contribution in [0.4, 0.5) is 0 Å².